The molecule has 1 aromatic heterocycles. The lowest BCUT2D eigenvalue weighted by atomic mass is 10.0. The van der Waals surface area contributed by atoms with Crippen molar-refractivity contribution in [2.24, 2.45) is 0 Å². The van der Waals surface area contributed by atoms with Gasteiger partial charge in [0.25, 0.3) is 0 Å². The lowest BCUT2D eigenvalue weighted by molar-refractivity contribution is 0.0353. The van der Waals surface area contributed by atoms with Crippen molar-refractivity contribution in [2.75, 3.05) is 32.7 Å². The van der Waals surface area contributed by atoms with E-state index in [1.807, 2.05) is 36.7 Å². The number of esters is 1. The molecule has 1 unspecified atom stereocenters. The third-order valence-corrected chi connectivity index (χ3v) is 5.34. The summed E-state index contributed by atoms with van der Waals surface area (Å²) in [5.41, 5.74) is 3.12. The fourth-order valence-corrected chi connectivity index (χ4v) is 3.85. The van der Waals surface area contributed by atoms with Crippen LogP contribution in [0.3, 0.4) is 0 Å². The zero-order valence-electron chi connectivity index (χ0n) is 15.0. The molecule has 0 amide bonds. The number of aromatic nitrogens is 1. The average Bonchev–Trinajstić information content (AvgIpc) is 3.00. The van der Waals surface area contributed by atoms with Gasteiger partial charge in [-0.15, -0.1) is 0 Å². The number of hydrogen-bond donors (Lipinski definition) is 0. The van der Waals surface area contributed by atoms with Gasteiger partial charge in [0.1, 0.15) is 6.10 Å². The minimum atomic E-state index is -0.171. The maximum atomic E-state index is 11.9. The minimum Gasteiger partial charge on any atom is -0.454 e. The zero-order chi connectivity index (χ0) is 17.8. The van der Waals surface area contributed by atoms with Gasteiger partial charge in [-0.3, -0.25) is 9.88 Å². The maximum Gasteiger partial charge on any atom is 0.339 e. The molecule has 0 spiro atoms. The summed E-state index contributed by atoms with van der Waals surface area (Å²) < 4.78 is 5.53. The van der Waals surface area contributed by atoms with Crippen LogP contribution in [0, 0.1) is 0 Å². The van der Waals surface area contributed by atoms with Crippen LogP contribution in [0.5, 0.6) is 0 Å². The van der Waals surface area contributed by atoms with Gasteiger partial charge in [-0.25, -0.2) is 4.79 Å². The quantitative estimate of drug-likeness (QED) is 0.749. The molecule has 136 valence electrons. The fraction of sp³-hybridized carbons (Fsp3) is 0.429. The molecule has 1 aromatic carbocycles. The lowest BCUT2D eigenvalue weighted by Crippen LogP contribution is -2.46. The normalized spacial score (nSPS) is 20.8. The third-order valence-electron chi connectivity index (χ3n) is 5.34. The van der Waals surface area contributed by atoms with E-state index in [9.17, 15) is 4.79 Å². The first-order valence-corrected chi connectivity index (χ1v) is 9.43. The molecule has 0 N–H and O–H groups in total. The van der Waals surface area contributed by atoms with Gasteiger partial charge >= 0.3 is 5.97 Å². The van der Waals surface area contributed by atoms with Crippen molar-refractivity contribution < 1.29 is 9.53 Å². The van der Waals surface area contributed by atoms with Crippen molar-refractivity contribution in [2.45, 2.75) is 25.5 Å². The average molecular weight is 351 g/mol. The largest absolute Gasteiger partial charge is 0.454 e. The van der Waals surface area contributed by atoms with Crippen molar-refractivity contribution in [3.63, 3.8) is 0 Å². The Bertz CT molecular complexity index is 742. The second kappa shape index (κ2) is 7.98. The number of pyridine rings is 1. The van der Waals surface area contributed by atoms with E-state index in [1.54, 1.807) is 0 Å². The number of benzene rings is 1. The topological polar surface area (TPSA) is 45.7 Å². The highest BCUT2D eigenvalue weighted by Gasteiger charge is 2.30. The summed E-state index contributed by atoms with van der Waals surface area (Å²) in [7, 11) is 0. The van der Waals surface area contributed by atoms with Crippen LogP contribution in [0.2, 0.25) is 0 Å². The van der Waals surface area contributed by atoms with E-state index in [2.05, 4.69) is 26.9 Å². The van der Waals surface area contributed by atoms with E-state index in [0.717, 1.165) is 63.2 Å². The van der Waals surface area contributed by atoms with Crippen LogP contribution in [0.1, 0.15) is 40.4 Å². The molecule has 0 saturated carbocycles. The SMILES string of the molecule is O=C1OC(CCCN2CCN(Cc3ccncc3)CC2)c2ccccc21. The van der Waals surface area contributed by atoms with Crippen molar-refractivity contribution >= 4 is 5.97 Å². The van der Waals surface area contributed by atoms with Crippen LogP contribution < -0.4 is 0 Å². The van der Waals surface area contributed by atoms with Crippen LogP contribution in [0.4, 0.5) is 0 Å². The standard InChI is InChI=1S/C21H25N3O2/c25-21-19-5-2-1-4-18(19)20(26-21)6-3-11-23-12-14-24(15-13-23)16-17-7-9-22-10-8-17/h1-2,4-5,7-10,20H,3,6,11-16H2. The summed E-state index contributed by atoms with van der Waals surface area (Å²) in [6.45, 7) is 6.48. The lowest BCUT2D eigenvalue weighted by Gasteiger charge is -2.34. The summed E-state index contributed by atoms with van der Waals surface area (Å²) in [6.07, 6.45) is 5.61. The predicted molar refractivity (Wildman–Crippen MR) is 99.8 cm³/mol. The molecular weight excluding hydrogens is 326 g/mol. The Morgan fingerprint density at radius 1 is 1.00 bits per heavy atom. The highest BCUT2D eigenvalue weighted by atomic mass is 16.5. The van der Waals surface area contributed by atoms with Crippen LogP contribution in [-0.4, -0.2) is 53.5 Å². The molecule has 5 nitrogen and oxygen atoms in total. The number of cyclic esters (lactones) is 1. The Labute approximate surface area is 154 Å². The number of carbonyl (C=O) groups is 1. The number of ether oxygens (including phenoxy) is 1. The molecule has 3 heterocycles. The molecule has 2 aliphatic rings. The molecule has 1 atom stereocenters. The maximum absolute atomic E-state index is 11.9. The van der Waals surface area contributed by atoms with Crippen molar-refractivity contribution in [1.29, 1.82) is 0 Å². The first-order chi connectivity index (χ1) is 12.8. The second-order valence-corrected chi connectivity index (χ2v) is 7.10. The smallest absolute Gasteiger partial charge is 0.339 e. The summed E-state index contributed by atoms with van der Waals surface area (Å²) in [4.78, 5) is 21.0. The van der Waals surface area contributed by atoms with Crippen LogP contribution in [0.15, 0.2) is 48.8 Å². The van der Waals surface area contributed by atoms with Gasteiger partial charge in [-0.05, 0) is 43.1 Å². The van der Waals surface area contributed by atoms with Gasteiger partial charge in [0.05, 0.1) is 5.56 Å². The van der Waals surface area contributed by atoms with Gasteiger partial charge < -0.3 is 9.64 Å². The van der Waals surface area contributed by atoms with E-state index in [-0.39, 0.29) is 12.1 Å². The number of fused-ring (bicyclic) bond motifs is 1. The van der Waals surface area contributed by atoms with E-state index in [0.29, 0.717) is 0 Å². The zero-order valence-corrected chi connectivity index (χ0v) is 15.0. The Balaban J connectivity index is 1.20. The van der Waals surface area contributed by atoms with Crippen LogP contribution in [-0.2, 0) is 11.3 Å². The van der Waals surface area contributed by atoms with E-state index >= 15 is 0 Å². The Kier molecular flexibility index (Phi) is 5.27. The van der Waals surface area contributed by atoms with Gasteiger partial charge in [-0.2, -0.15) is 0 Å². The molecule has 5 heteroatoms. The summed E-state index contributed by atoms with van der Waals surface area (Å²) in [6, 6.07) is 11.9. The van der Waals surface area contributed by atoms with Gasteiger partial charge in [0.2, 0.25) is 0 Å². The molecule has 0 aliphatic carbocycles. The van der Waals surface area contributed by atoms with Gasteiger partial charge in [-0.1, -0.05) is 18.2 Å². The number of hydrogen-bond acceptors (Lipinski definition) is 5. The Hall–Kier alpha value is -2.24. The van der Waals surface area contributed by atoms with Gasteiger partial charge in [0.15, 0.2) is 0 Å². The number of rotatable bonds is 6. The first kappa shape index (κ1) is 17.2. The number of carbonyl (C=O) groups excluding carboxylic acids is 1. The summed E-state index contributed by atoms with van der Waals surface area (Å²) in [5, 5.41) is 0. The van der Waals surface area contributed by atoms with E-state index in [1.165, 1.54) is 5.56 Å². The van der Waals surface area contributed by atoms with Crippen molar-refractivity contribution in [3.05, 3.63) is 65.5 Å². The Morgan fingerprint density at radius 2 is 1.73 bits per heavy atom. The highest BCUT2D eigenvalue weighted by Crippen LogP contribution is 2.33. The molecule has 4 rings (SSSR count). The fourth-order valence-electron chi connectivity index (χ4n) is 3.85. The first-order valence-electron chi connectivity index (χ1n) is 9.43. The molecule has 2 aromatic rings. The molecular formula is C21H25N3O2. The number of piperazine rings is 1. The summed E-state index contributed by atoms with van der Waals surface area (Å²) in [5.74, 6) is -0.171. The monoisotopic (exact) mass is 351 g/mol. The van der Waals surface area contributed by atoms with E-state index < -0.39 is 0 Å². The van der Waals surface area contributed by atoms with Crippen molar-refractivity contribution in [3.8, 4) is 0 Å². The number of nitrogens with zero attached hydrogens (tertiary/aromatic N) is 3. The van der Waals surface area contributed by atoms with Gasteiger partial charge in [0, 0.05) is 50.7 Å². The second-order valence-electron chi connectivity index (χ2n) is 7.10. The molecule has 26 heavy (non-hydrogen) atoms. The third kappa shape index (κ3) is 3.94. The highest BCUT2D eigenvalue weighted by molar-refractivity contribution is 5.93. The summed E-state index contributed by atoms with van der Waals surface area (Å²) >= 11 is 0. The molecule has 2 aliphatic heterocycles. The van der Waals surface area contributed by atoms with Crippen LogP contribution in [0.25, 0.3) is 0 Å². The Morgan fingerprint density at radius 3 is 2.54 bits per heavy atom. The van der Waals surface area contributed by atoms with Crippen molar-refractivity contribution in [1.82, 2.24) is 14.8 Å². The predicted octanol–water partition coefficient (Wildman–Crippen LogP) is 2.89. The molecule has 0 radical (unpaired) electrons. The minimum absolute atomic E-state index is 0.0633. The molecule has 1 saturated heterocycles. The molecule has 1 fully saturated rings. The van der Waals surface area contributed by atoms with E-state index in [4.69, 9.17) is 4.74 Å². The molecule has 0 bridgehead atoms. The van der Waals surface area contributed by atoms with Crippen LogP contribution >= 0.6 is 0 Å².